The summed E-state index contributed by atoms with van der Waals surface area (Å²) in [6, 6.07) is 10.9. The molecular formula is C19H20ClN3O3S3. The summed E-state index contributed by atoms with van der Waals surface area (Å²) in [5.74, 6) is -0.181. The number of aromatic nitrogens is 1. The molecule has 1 amide bonds. The summed E-state index contributed by atoms with van der Waals surface area (Å²) in [4.78, 5) is 17.4. The van der Waals surface area contributed by atoms with Gasteiger partial charge in [0.2, 0.25) is 5.91 Å². The Hall–Kier alpha value is -1.78. The number of hydrogen-bond donors (Lipinski definition) is 1. The van der Waals surface area contributed by atoms with Gasteiger partial charge in [-0.05, 0) is 35.6 Å². The lowest BCUT2D eigenvalue weighted by Gasteiger charge is -2.15. The molecule has 3 rings (SSSR count). The highest BCUT2D eigenvalue weighted by Crippen LogP contribution is 2.23. The summed E-state index contributed by atoms with van der Waals surface area (Å²) < 4.78 is 26.3. The van der Waals surface area contributed by atoms with Crippen LogP contribution in [0.5, 0.6) is 0 Å². The van der Waals surface area contributed by atoms with E-state index in [1.807, 2.05) is 24.3 Å². The topological polar surface area (TPSA) is 79.4 Å². The normalized spacial score (nSPS) is 11.7. The van der Waals surface area contributed by atoms with E-state index in [0.29, 0.717) is 20.8 Å². The van der Waals surface area contributed by atoms with Gasteiger partial charge in [0.15, 0.2) is 5.13 Å². The standard InChI is InChI=1S/C19H20ClN3O3S3/c1-23(29(25,26)18-5-3-11-27-18)10-2-4-17(24)22-19-21-13-16(28-19)12-14-6-8-15(20)9-7-14/h3,5-9,11,13H,2,4,10,12H2,1H3,(H,21,22,24). The fraction of sp³-hybridized carbons (Fsp3) is 0.263. The van der Waals surface area contributed by atoms with E-state index in [-0.39, 0.29) is 18.9 Å². The fourth-order valence-electron chi connectivity index (χ4n) is 2.58. The van der Waals surface area contributed by atoms with E-state index in [1.165, 1.54) is 34.0 Å². The Morgan fingerprint density at radius 3 is 2.69 bits per heavy atom. The Morgan fingerprint density at radius 1 is 1.24 bits per heavy atom. The SMILES string of the molecule is CN(CCCC(=O)Nc1ncc(Cc2ccc(Cl)cc2)s1)S(=O)(=O)c1cccs1. The molecule has 0 saturated carbocycles. The van der Waals surface area contributed by atoms with E-state index >= 15 is 0 Å². The lowest BCUT2D eigenvalue weighted by molar-refractivity contribution is -0.116. The number of carbonyl (C=O) groups excluding carboxylic acids is 1. The molecule has 0 spiro atoms. The van der Waals surface area contributed by atoms with Crippen molar-refractivity contribution in [3.05, 3.63) is 63.4 Å². The van der Waals surface area contributed by atoms with Gasteiger partial charge >= 0.3 is 0 Å². The van der Waals surface area contributed by atoms with Gasteiger partial charge in [-0.15, -0.1) is 22.7 Å². The highest BCUT2D eigenvalue weighted by atomic mass is 35.5. The molecule has 29 heavy (non-hydrogen) atoms. The van der Waals surface area contributed by atoms with Crippen LogP contribution in [0.3, 0.4) is 0 Å². The van der Waals surface area contributed by atoms with Gasteiger partial charge in [0, 0.05) is 42.5 Å². The Balaban J connectivity index is 1.45. The average Bonchev–Trinajstić information content (AvgIpc) is 3.36. The number of nitrogens with one attached hydrogen (secondary N) is 1. The minimum Gasteiger partial charge on any atom is -0.302 e. The Bertz CT molecular complexity index is 1050. The molecule has 1 N–H and O–H groups in total. The van der Waals surface area contributed by atoms with Crippen molar-refractivity contribution in [3.8, 4) is 0 Å². The number of halogens is 1. The van der Waals surface area contributed by atoms with Gasteiger partial charge in [0.1, 0.15) is 4.21 Å². The number of carbonyl (C=O) groups is 1. The molecule has 0 radical (unpaired) electrons. The molecule has 6 nitrogen and oxygen atoms in total. The molecular weight excluding hydrogens is 450 g/mol. The molecule has 154 valence electrons. The van der Waals surface area contributed by atoms with Gasteiger partial charge in [-0.1, -0.05) is 29.8 Å². The minimum atomic E-state index is -3.48. The van der Waals surface area contributed by atoms with Crippen LogP contribution in [-0.4, -0.2) is 37.2 Å². The van der Waals surface area contributed by atoms with Crippen molar-refractivity contribution < 1.29 is 13.2 Å². The van der Waals surface area contributed by atoms with Crippen molar-refractivity contribution >= 4 is 55.3 Å². The van der Waals surface area contributed by atoms with Crippen molar-refractivity contribution in [2.24, 2.45) is 0 Å². The zero-order valence-electron chi connectivity index (χ0n) is 15.7. The summed E-state index contributed by atoms with van der Waals surface area (Å²) in [5, 5.41) is 5.74. The largest absolute Gasteiger partial charge is 0.302 e. The quantitative estimate of drug-likeness (QED) is 0.500. The monoisotopic (exact) mass is 469 g/mol. The number of benzene rings is 1. The van der Waals surface area contributed by atoms with Gasteiger partial charge in [-0.2, -0.15) is 0 Å². The van der Waals surface area contributed by atoms with E-state index in [9.17, 15) is 13.2 Å². The van der Waals surface area contributed by atoms with Crippen molar-refractivity contribution in [2.45, 2.75) is 23.5 Å². The van der Waals surface area contributed by atoms with Crippen LogP contribution in [0.2, 0.25) is 5.02 Å². The summed E-state index contributed by atoms with van der Waals surface area (Å²) in [6.45, 7) is 0.271. The van der Waals surface area contributed by atoms with Crippen LogP contribution in [0.15, 0.2) is 52.2 Å². The molecule has 3 aromatic rings. The second kappa shape index (κ2) is 9.82. The number of thiazole rings is 1. The van der Waals surface area contributed by atoms with Gasteiger partial charge in [-0.25, -0.2) is 17.7 Å². The summed E-state index contributed by atoms with van der Waals surface area (Å²) in [5.41, 5.74) is 1.12. The fourth-order valence-corrected chi connectivity index (χ4v) is 5.98. The third-order valence-corrected chi connectivity index (χ3v) is 8.52. The second-order valence-electron chi connectivity index (χ2n) is 6.35. The lowest BCUT2D eigenvalue weighted by atomic mass is 10.1. The van der Waals surface area contributed by atoms with Gasteiger partial charge < -0.3 is 5.32 Å². The highest BCUT2D eigenvalue weighted by molar-refractivity contribution is 7.91. The molecule has 2 aromatic heterocycles. The number of sulfonamides is 1. The Labute approximate surface area is 183 Å². The van der Waals surface area contributed by atoms with Crippen molar-refractivity contribution in [3.63, 3.8) is 0 Å². The molecule has 1 aromatic carbocycles. The van der Waals surface area contributed by atoms with Gasteiger partial charge in [-0.3, -0.25) is 4.79 Å². The number of hydrogen-bond acceptors (Lipinski definition) is 6. The minimum absolute atomic E-state index is 0.181. The smallest absolute Gasteiger partial charge is 0.252 e. The molecule has 0 fully saturated rings. The maximum absolute atomic E-state index is 12.4. The lowest BCUT2D eigenvalue weighted by Crippen LogP contribution is -2.28. The molecule has 0 atom stereocenters. The number of nitrogens with zero attached hydrogens (tertiary/aromatic N) is 2. The molecule has 10 heteroatoms. The molecule has 0 aliphatic heterocycles. The predicted molar refractivity (Wildman–Crippen MR) is 118 cm³/mol. The molecule has 0 aliphatic rings. The van der Waals surface area contributed by atoms with Gasteiger partial charge in [0.25, 0.3) is 10.0 Å². The molecule has 0 unspecified atom stereocenters. The van der Waals surface area contributed by atoms with E-state index in [0.717, 1.165) is 16.9 Å². The van der Waals surface area contributed by atoms with E-state index in [1.54, 1.807) is 23.7 Å². The maximum atomic E-state index is 12.4. The molecule has 0 bridgehead atoms. The van der Waals surface area contributed by atoms with Gasteiger partial charge in [0.05, 0.1) is 0 Å². The predicted octanol–water partition coefficient (Wildman–Crippen LogP) is 4.49. The number of amides is 1. The van der Waals surface area contributed by atoms with E-state index in [4.69, 9.17) is 11.6 Å². The summed E-state index contributed by atoms with van der Waals surface area (Å²) >= 11 is 8.50. The van der Waals surface area contributed by atoms with Crippen LogP contribution < -0.4 is 5.32 Å². The summed E-state index contributed by atoms with van der Waals surface area (Å²) in [7, 11) is -1.96. The first-order valence-electron chi connectivity index (χ1n) is 8.83. The second-order valence-corrected chi connectivity index (χ2v) is 11.1. The highest BCUT2D eigenvalue weighted by Gasteiger charge is 2.21. The number of thiophene rings is 1. The van der Waals surface area contributed by atoms with Crippen LogP contribution in [0.4, 0.5) is 5.13 Å². The molecule has 2 heterocycles. The zero-order chi connectivity index (χ0) is 20.9. The summed E-state index contributed by atoms with van der Waals surface area (Å²) in [6.07, 6.45) is 3.11. The van der Waals surface area contributed by atoms with E-state index in [2.05, 4.69) is 10.3 Å². The first-order valence-corrected chi connectivity index (χ1v) is 12.3. The average molecular weight is 470 g/mol. The number of anilines is 1. The van der Waals surface area contributed by atoms with Crippen molar-refractivity contribution in [1.29, 1.82) is 0 Å². The maximum Gasteiger partial charge on any atom is 0.252 e. The van der Waals surface area contributed by atoms with Crippen molar-refractivity contribution in [2.75, 3.05) is 18.9 Å². The first-order chi connectivity index (χ1) is 13.8. The van der Waals surface area contributed by atoms with Crippen LogP contribution >= 0.6 is 34.3 Å². The van der Waals surface area contributed by atoms with Crippen LogP contribution in [0, 0.1) is 0 Å². The first kappa shape index (κ1) is 21.9. The van der Waals surface area contributed by atoms with E-state index < -0.39 is 10.0 Å². The number of rotatable bonds is 9. The zero-order valence-corrected chi connectivity index (χ0v) is 18.9. The third kappa shape index (κ3) is 6.10. The van der Waals surface area contributed by atoms with Crippen LogP contribution in [0.1, 0.15) is 23.3 Å². The molecule has 0 saturated heterocycles. The van der Waals surface area contributed by atoms with Crippen LogP contribution in [0.25, 0.3) is 0 Å². The van der Waals surface area contributed by atoms with Crippen molar-refractivity contribution in [1.82, 2.24) is 9.29 Å². The Morgan fingerprint density at radius 2 is 2.00 bits per heavy atom. The third-order valence-electron chi connectivity index (χ3n) is 4.13. The molecule has 0 aliphatic carbocycles. The van der Waals surface area contributed by atoms with Crippen LogP contribution in [-0.2, 0) is 21.2 Å². The Kier molecular flexibility index (Phi) is 7.42.